The highest BCUT2D eigenvalue weighted by Crippen LogP contribution is 2.31. The molecule has 1 saturated heterocycles. The number of esters is 2. The van der Waals surface area contributed by atoms with E-state index in [4.69, 9.17) is 18.9 Å². The highest BCUT2D eigenvalue weighted by Gasteiger charge is 2.42. The molecular formula is C15H26O6. The first-order chi connectivity index (χ1) is 9.51. The van der Waals surface area contributed by atoms with E-state index in [1.165, 1.54) is 6.92 Å². The Bertz CT molecular complexity index is 382. The lowest BCUT2D eigenvalue weighted by atomic mass is 9.97. The van der Waals surface area contributed by atoms with Gasteiger partial charge in [-0.1, -0.05) is 0 Å². The van der Waals surface area contributed by atoms with Crippen molar-refractivity contribution < 1.29 is 28.5 Å². The van der Waals surface area contributed by atoms with Crippen molar-refractivity contribution in [2.45, 2.75) is 72.6 Å². The van der Waals surface area contributed by atoms with E-state index < -0.39 is 23.5 Å². The fraction of sp³-hybridized carbons (Fsp3) is 0.867. The quantitative estimate of drug-likeness (QED) is 0.573. The van der Waals surface area contributed by atoms with E-state index in [0.29, 0.717) is 19.4 Å². The van der Waals surface area contributed by atoms with E-state index in [1.54, 1.807) is 13.8 Å². The highest BCUT2D eigenvalue weighted by molar-refractivity contribution is 5.75. The maximum atomic E-state index is 11.6. The zero-order valence-electron chi connectivity index (χ0n) is 13.7. The molecule has 0 saturated carbocycles. The zero-order valence-corrected chi connectivity index (χ0v) is 13.7. The molecule has 1 aliphatic rings. The molecule has 0 aromatic heterocycles. The van der Waals surface area contributed by atoms with Crippen molar-refractivity contribution in [3.05, 3.63) is 0 Å². The molecule has 0 amide bonds. The number of carbonyl (C=O) groups is 2. The molecule has 1 rings (SSSR count). The Morgan fingerprint density at radius 1 is 1.19 bits per heavy atom. The maximum Gasteiger partial charge on any atom is 0.311 e. The van der Waals surface area contributed by atoms with Gasteiger partial charge in [0.25, 0.3) is 0 Å². The third kappa shape index (κ3) is 6.01. The molecule has 0 aromatic carbocycles. The van der Waals surface area contributed by atoms with Crippen LogP contribution >= 0.6 is 0 Å². The molecule has 6 heteroatoms. The summed E-state index contributed by atoms with van der Waals surface area (Å²) in [6.45, 7) is 10.6. The van der Waals surface area contributed by atoms with Crippen LogP contribution in [0, 0.1) is 5.41 Å². The molecule has 0 radical (unpaired) electrons. The lowest BCUT2D eigenvalue weighted by molar-refractivity contribution is -0.196. The van der Waals surface area contributed by atoms with E-state index >= 15 is 0 Å². The van der Waals surface area contributed by atoms with E-state index in [-0.39, 0.29) is 12.1 Å². The second-order valence-electron chi connectivity index (χ2n) is 6.68. The number of rotatable bonds is 5. The van der Waals surface area contributed by atoms with Crippen molar-refractivity contribution >= 4 is 11.9 Å². The molecule has 1 fully saturated rings. The Kier molecular flexibility index (Phi) is 5.75. The Morgan fingerprint density at radius 2 is 1.81 bits per heavy atom. The zero-order chi connectivity index (χ0) is 16.3. The van der Waals surface area contributed by atoms with Gasteiger partial charge in [0, 0.05) is 6.92 Å². The van der Waals surface area contributed by atoms with E-state index in [0.717, 1.165) is 0 Å². The Balaban J connectivity index is 2.39. The highest BCUT2D eigenvalue weighted by atomic mass is 16.8. The van der Waals surface area contributed by atoms with Crippen LogP contribution in [0.4, 0.5) is 0 Å². The van der Waals surface area contributed by atoms with Gasteiger partial charge < -0.3 is 18.9 Å². The first-order valence-electron chi connectivity index (χ1n) is 7.21. The third-order valence-electron chi connectivity index (χ3n) is 2.90. The fourth-order valence-corrected chi connectivity index (χ4v) is 1.93. The summed E-state index contributed by atoms with van der Waals surface area (Å²) in [5, 5.41) is 0. The topological polar surface area (TPSA) is 71.1 Å². The molecule has 1 aliphatic heterocycles. The van der Waals surface area contributed by atoms with Crippen LogP contribution in [0.15, 0.2) is 0 Å². The lowest BCUT2D eigenvalue weighted by Gasteiger charge is -2.18. The molecule has 1 unspecified atom stereocenters. The average molecular weight is 302 g/mol. The summed E-state index contributed by atoms with van der Waals surface area (Å²) in [4.78, 5) is 22.7. The third-order valence-corrected chi connectivity index (χ3v) is 2.90. The summed E-state index contributed by atoms with van der Waals surface area (Å²) in [5.41, 5.74) is -0.505. The minimum Gasteiger partial charge on any atom is -0.465 e. The fourth-order valence-electron chi connectivity index (χ4n) is 1.93. The minimum absolute atomic E-state index is 0.233. The van der Waals surface area contributed by atoms with Gasteiger partial charge >= 0.3 is 11.9 Å². The molecule has 6 nitrogen and oxygen atoms in total. The molecule has 122 valence electrons. The first kappa shape index (κ1) is 17.9. The van der Waals surface area contributed by atoms with E-state index in [2.05, 4.69) is 0 Å². The molecule has 1 heterocycles. The van der Waals surface area contributed by atoms with E-state index in [9.17, 15) is 9.59 Å². The van der Waals surface area contributed by atoms with Crippen molar-refractivity contribution in [1.29, 1.82) is 0 Å². The van der Waals surface area contributed by atoms with Crippen LogP contribution in [0.5, 0.6) is 0 Å². The number of hydrogen-bond donors (Lipinski definition) is 0. The normalized spacial score (nSPS) is 24.7. The van der Waals surface area contributed by atoms with Crippen LogP contribution in [0.1, 0.15) is 54.4 Å². The second kappa shape index (κ2) is 6.75. The second-order valence-corrected chi connectivity index (χ2v) is 6.68. The summed E-state index contributed by atoms with van der Waals surface area (Å²) in [6, 6.07) is 0. The van der Waals surface area contributed by atoms with Gasteiger partial charge in [-0.2, -0.15) is 0 Å². The van der Waals surface area contributed by atoms with Crippen LogP contribution in [0.25, 0.3) is 0 Å². The van der Waals surface area contributed by atoms with E-state index in [1.807, 2.05) is 20.8 Å². The molecule has 0 bridgehead atoms. The molecule has 0 N–H and O–H groups in total. The minimum atomic E-state index is -0.785. The Morgan fingerprint density at radius 3 is 2.33 bits per heavy atom. The van der Waals surface area contributed by atoms with Crippen molar-refractivity contribution in [2.75, 3.05) is 6.61 Å². The number of ether oxygens (including phenoxy) is 4. The monoisotopic (exact) mass is 302 g/mol. The summed E-state index contributed by atoms with van der Waals surface area (Å²) < 4.78 is 21.5. The average Bonchev–Trinajstić information content (AvgIpc) is 2.56. The van der Waals surface area contributed by atoms with Gasteiger partial charge in [0.2, 0.25) is 6.29 Å². The Hall–Kier alpha value is -1.14. The SMILES string of the molecule is CC(=O)O[C@H]1OC(C)(C)OC1CCCOC(=O)C(C)(C)C. The summed E-state index contributed by atoms with van der Waals surface area (Å²) >= 11 is 0. The molecule has 0 spiro atoms. The van der Waals surface area contributed by atoms with Crippen LogP contribution in [-0.2, 0) is 28.5 Å². The standard InChI is InChI=1S/C15H26O6/c1-10(16)19-12-11(20-15(5,6)21-12)8-7-9-18-13(17)14(2,3)4/h11-12H,7-9H2,1-6H3/t11?,12-/m0/s1. The summed E-state index contributed by atoms with van der Waals surface area (Å²) in [5.74, 6) is -1.43. The van der Waals surface area contributed by atoms with Crippen LogP contribution < -0.4 is 0 Å². The summed E-state index contributed by atoms with van der Waals surface area (Å²) in [7, 11) is 0. The van der Waals surface area contributed by atoms with Crippen molar-refractivity contribution in [3.63, 3.8) is 0 Å². The van der Waals surface area contributed by atoms with Crippen LogP contribution in [-0.4, -0.2) is 36.7 Å². The molecule has 2 atom stereocenters. The molecular weight excluding hydrogens is 276 g/mol. The van der Waals surface area contributed by atoms with Gasteiger partial charge in [-0.25, -0.2) is 0 Å². The van der Waals surface area contributed by atoms with Crippen molar-refractivity contribution in [1.82, 2.24) is 0 Å². The van der Waals surface area contributed by atoms with Gasteiger partial charge in [-0.05, 0) is 47.5 Å². The first-order valence-corrected chi connectivity index (χ1v) is 7.21. The van der Waals surface area contributed by atoms with Crippen LogP contribution in [0.2, 0.25) is 0 Å². The van der Waals surface area contributed by atoms with Crippen molar-refractivity contribution in [2.24, 2.45) is 5.41 Å². The lowest BCUT2D eigenvalue weighted by Crippen LogP contribution is -2.28. The number of carbonyl (C=O) groups excluding carboxylic acids is 2. The van der Waals surface area contributed by atoms with Gasteiger partial charge in [0.1, 0.15) is 6.10 Å². The molecule has 0 aliphatic carbocycles. The largest absolute Gasteiger partial charge is 0.465 e. The van der Waals surface area contributed by atoms with Gasteiger partial charge in [0.15, 0.2) is 5.79 Å². The molecule has 21 heavy (non-hydrogen) atoms. The van der Waals surface area contributed by atoms with Crippen molar-refractivity contribution in [3.8, 4) is 0 Å². The predicted molar refractivity (Wildman–Crippen MR) is 75.2 cm³/mol. The van der Waals surface area contributed by atoms with Crippen LogP contribution in [0.3, 0.4) is 0 Å². The number of hydrogen-bond acceptors (Lipinski definition) is 6. The van der Waals surface area contributed by atoms with Gasteiger partial charge in [0.05, 0.1) is 12.0 Å². The maximum absolute atomic E-state index is 11.6. The predicted octanol–water partition coefficient (Wildman–Crippen LogP) is 2.40. The Labute approximate surface area is 126 Å². The van der Waals surface area contributed by atoms with Gasteiger partial charge in [-0.3, -0.25) is 9.59 Å². The van der Waals surface area contributed by atoms with Gasteiger partial charge in [-0.15, -0.1) is 0 Å². The molecule has 0 aromatic rings. The smallest absolute Gasteiger partial charge is 0.311 e. The summed E-state index contributed by atoms with van der Waals surface area (Å²) in [6.07, 6.45) is 0.135.